The molecule has 0 saturated carbocycles. The molecular formula is C16H18N4O. The van der Waals surface area contributed by atoms with E-state index in [1.807, 2.05) is 17.8 Å². The molecule has 0 aliphatic rings. The van der Waals surface area contributed by atoms with Crippen molar-refractivity contribution in [3.8, 4) is 11.6 Å². The number of hydrogen-bond acceptors (Lipinski definition) is 4. The van der Waals surface area contributed by atoms with E-state index in [0.29, 0.717) is 23.5 Å². The molecule has 3 aromatic rings. The first-order valence-corrected chi connectivity index (χ1v) is 7.01. The van der Waals surface area contributed by atoms with Crippen molar-refractivity contribution in [2.45, 2.75) is 26.2 Å². The third kappa shape index (κ3) is 2.72. The molecule has 2 heterocycles. The number of hydrogen-bond donors (Lipinski definition) is 0. The highest BCUT2D eigenvalue weighted by atomic mass is 16.5. The van der Waals surface area contributed by atoms with Crippen LogP contribution in [0.15, 0.2) is 41.2 Å². The highest BCUT2D eigenvalue weighted by Gasteiger charge is 2.16. The fraction of sp³-hybridized carbons (Fsp3) is 0.312. The van der Waals surface area contributed by atoms with Gasteiger partial charge in [-0.15, -0.1) is 0 Å². The number of nitrogens with zero attached hydrogens (tertiary/aromatic N) is 4. The Kier molecular flexibility index (Phi) is 3.56. The fourth-order valence-electron chi connectivity index (χ4n) is 2.52. The van der Waals surface area contributed by atoms with E-state index in [2.05, 4.69) is 53.2 Å². The molecule has 1 aromatic carbocycles. The summed E-state index contributed by atoms with van der Waals surface area (Å²) >= 11 is 0. The molecule has 0 aliphatic heterocycles. The Morgan fingerprint density at radius 3 is 2.81 bits per heavy atom. The van der Waals surface area contributed by atoms with E-state index < -0.39 is 0 Å². The molecule has 108 valence electrons. The molecule has 0 N–H and O–H groups in total. The van der Waals surface area contributed by atoms with Gasteiger partial charge in [-0.2, -0.15) is 4.98 Å². The van der Waals surface area contributed by atoms with Crippen LogP contribution < -0.4 is 0 Å². The summed E-state index contributed by atoms with van der Waals surface area (Å²) in [5, 5.41) is 4.02. The van der Waals surface area contributed by atoms with Gasteiger partial charge in [0.05, 0.1) is 0 Å². The summed E-state index contributed by atoms with van der Waals surface area (Å²) in [7, 11) is 1.91. The van der Waals surface area contributed by atoms with E-state index in [4.69, 9.17) is 4.52 Å². The average molecular weight is 282 g/mol. The van der Waals surface area contributed by atoms with Gasteiger partial charge in [0.2, 0.25) is 11.7 Å². The first-order valence-electron chi connectivity index (χ1n) is 7.01. The fourth-order valence-corrected chi connectivity index (χ4v) is 2.52. The van der Waals surface area contributed by atoms with Crippen molar-refractivity contribution < 1.29 is 4.52 Å². The monoisotopic (exact) mass is 282 g/mol. The summed E-state index contributed by atoms with van der Waals surface area (Å²) in [6.45, 7) is 4.30. The Morgan fingerprint density at radius 1 is 1.29 bits per heavy atom. The Morgan fingerprint density at radius 2 is 2.10 bits per heavy atom. The third-order valence-corrected chi connectivity index (χ3v) is 3.69. The molecule has 1 unspecified atom stereocenters. The zero-order chi connectivity index (χ0) is 14.8. The minimum absolute atomic E-state index is 0.334. The second kappa shape index (κ2) is 5.52. The summed E-state index contributed by atoms with van der Waals surface area (Å²) in [6, 6.07) is 8.39. The minimum atomic E-state index is 0.334. The van der Waals surface area contributed by atoms with E-state index in [-0.39, 0.29) is 0 Å². The molecule has 5 heteroatoms. The van der Waals surface area contributed by atoms with Crippen molar-refractivity contribution in [3.05, 3.63) is 53.7 Å². The van der Waals surface area contributed by atoms with Gasteiger partial charge in [-0.1, -0.05) is 36.3 Å². The summed E-state index contributed by atoms with van der Waals surface area (Å²) < 4.78 is 7.24. The Labute approximate surface area is 123 Å². The Hall–Kier alpha value is -2.43. The zero-order valence-electron chi connectivity index (χ0n) is 12.4. The first kappa shape index (κ1) is 13.5. The average Bonchev–Trinajstić information content (AvgIpc) is 3.08. The molecule has 0 aliphatic carbocycles. The number of imidazole rings is 1. The predicted molar refractivity (Wildman–Crippen MR) is 79.8 cm³/mol. The lowest BCUT2D eigenvalue weighted by molar-refractivity contribution is 0.371. The van der Waals surface area contributed by atoms with Crippen LogP contribution in [-0.2, 0) is 13.5 Å². The minimum Gasteiger partial charge on any atom is -0.339 e. The summed E-state index contributed by atoms with van der Waals surface area (Å²) in [4.78, 5) is 8.68. The molecule has 0 radical (unpaired) electrons. The van der Waals surface area contributed by atoms with Crippen LogP contribution >= 0.6 is 0 Å². The van der Waals surface area contributed by atoms with Gasteiger partial charge in [-0.25, -0.2) is 4.98 Å². The molecular weight excluding hydrogens is 264 g/mol. The van der Waals surface area contributed by atoms with Crippen LogP contribution in [0.3, 0.4) is 0 Å². The third-order valence-electron chi connectivity index (χ3n) is 3.69. The van der Waals surface area contributed by atoms with Crippen molar-refractivity contribution >= 4 is 0 Å². The van der Waals surface area contributed by atoms with Gasteiger partial charge in [0.15, 0.2) is 5.82 Å². The topological polar surface area (TPSA) is 56.7 Å². The van der Waals surface area contributed by atoms with Crippen LogP contribution in [0, 0.1) is 6.92 Å². The number of aromatic nitrogens is 4. The van der Waals surface area contributed by atoms with Crippen LogP contribution in [0.4, 0.5) is 0 Å². The highest BCUT2D eigenvalue weighted by Crippen LogP contribution is 2.23. The van der Waals surface area contributed by atoms with Crippen LogP contribution in [-0.4, -0.2) is 19.7 Å². The standard InChI is InChI=1S/C16H18N4O/c1-11-6-4-5-7-13(11)12(2)10-14-18-15(19-21-14)16-17-8-9-20(16)3/h4-9,12H,10H2,1-3H3. The van der Waals surface area contributed by atoms with E-state index in [0.717, 1.165) is 6.42 Å². The maximum Gasteiger partial charge on any atom is 0.238 e. The van der Waals surface area contributed by atoms with Crippen molar-refractivity contribution in [1.82, 2.24) is 19.7 Å². The lowest BCUT2D eigenvalue weighted by atomic mass is 9.94. The SMILES string of the molecule is Cc1ccccc1C(C)Cc1nc(-c2nccn2C)no1. The summed E-state index contributed by atoms with van der Waals surface area (Å²) in [5.41, 5.74) is 2.60. The van der Waals surface area contributed by atoms with Gasteiger partial charge in [-0.05, 0) is 24.0 Å². The van der Waals surface area contributed by atoms with Crippen LogP contribution in [0.25, 0.3) is 11.6 Å². The van der Waals surface area contributed by atoms with Gasteiger partial charge in [0.25, 0.3) is 0 Å². The largest absolute Gasteiger partial charge is 0.339 e. The van der Waals surface area contributed by atoms with E-state index in [9.17, 15) is 0 Å². The highest BCUT2D eigenvalue weighted by molar-refractivity contribution is 5.42. The van der Waals surface area contributed by atoms with Crippen molar-refractivity contribution in [2.75, 3.05) is 0 Å². The van der Waals surface area contributed by atoms with Gasteiger partial charge < -0.3 is 9.09 Å². The lowest BCUT2D eigenvalue weighted by Crippen LogP contribution is -2.01. The van der Waals surface area contributed by atoms with Crippen LogP contribution in [0.5, 0.6) is 0 Å². The second-order valence-corrected chi connectivity index (χ2v) is 5.34. The van der Waals surface area contributed by atoms with Crippen molar-refractivity contribution in [1.29, 1.82) is 0 Å². The zero-order valence-corrected chi connectivity index (χ0v) is 12.4. The normalized spacial score (nSPS) is 12.5. The second-order valence-electron chi connectivity index (χ2n) is 5.34. The Bertz CT molecular complexity index is 744. The number of rotatable bonds is 4. The summed E-state index contributed by atoms with van der Waals surface area (Å²) in [5.74, 6) is 2.23. The Balaban J connectivity index is 1.79. The quantitative estimate of drug-likeness (QED) is 0.737. The van der Waals surface area contributed by atoms with Crippen molar-refractivity contribution in [2.24, 2.45) is 7.05 Å². The molecule has 5 nitrogen and oxygen atoms in total. The summed E-state index contributed by atoms with van der Waals surface area (Å²) in [6.07, 6.45) is 4.31. The molecule has 1 atom stereocenters. The predicted octanol–water partition coefficient (Wildman–Crippen LogP) is 3.12. The molecule has 3 rings (SSSR count). The van der Waals surface area contributed by atoms with Gasteiger partial charge >= 0.3 is 0 Å². The maximum absolute atomic E-state index is 5.36. The van der Waals surface area contributed by atoms with Gasteiger partial charge in [0.1, 0.15) is 0 Å². The number of benzene rings is 1. The van der Waals surface area contributed by atoms with E-state index in [1.54, 1.807) is 6.20 Å². The molecule has 0 bridgehead atoms. The number of aryl methyl sites for hydroxylation is 2. The smallest absolute Gasteiger partial charge is 0.238 e. The molecule has 21 heavy (non-hydrogen) atoms. The first-order chi connectivity index (χ1) is 10.1. The van der Waals surface area contributed by atoms with Crippen molar-refractivity contribution in [3.63, 3.8) is 0 Å². The molecule has 0 spiro atoms. The van der Waals surface area contributed by atoms with Gasteiger partial charge in [-0.3, -0.25) is 0 Å². The molecule has 2 aromatic heterocycles. The van der Waals surface area contributed by atoms with Crippen LogP contribution in [0.1, 0.15) is 29.9 Å². The van der Waals surface area contributed by atoms with Gasteiger partial charge in [0, 0.05) is 25.9 Å². The lowest BCUT2D eigenvalue weighted by Gasteiger charge is -2.11. The van der Waals surface area contributed by atoms with E-state index >= 15 is 0 Å². The van der Waals surface area contributed by atoms with E-state index in [1.165, 1.54) is 11.1 Å². The molecule has 0 saturated heterocycles. The molecule has 0 amide bonds. The van der Waals surface area contributed by atoms with Crippen LogP contribution in [0.2, 0.25) is 0 Å². The maximum atomic E-state index is 5.36. The molecule has 0 fully saturated rings.